The van der Waals surface area contributed by atoms with Gasteiger partial charge in [-0.3, -0.25) is 0 Å². The molecule has 0 atom stereocenters. The lowest BCUT2D eigenvalue weighted by Gasteiger charge is -2.07. The summed E-state index contributed by atoms with van der Waals surface area (Å²) in [5.41, 5.74) is 5.32. The second-order valence-corrected chi connectivity index (χ2v) is 6.14. The number of benzene rings is 1. The molecule has 3 N–H and O–H groups in total. The molecule has 0 aliphatic rings. The molecule has 0 unspecified atom stereocenters. The molecule has 0 aliphatic heterocycles. The number of halogens is 2. The van der Waals surface area contributed by atoms with Gasteiger partial charge in [0.1, 0.15) is 0 Å². The van der Waals surface area contributed by atoms with Gasteiger partial charge in [-0.05, 0) is 37.6 Å². The molecule has 0 aliphatic carbocycles. The van der Waals surface area contributed by atoms with Crippen molar-refractivity contribution in [3.63, 3.8) is 0 Å². The predicted octanol–water partition coefficient (Wildman–Crippen LogP) is 2.01. The van der Waals surface area contributed by atoms with Crippen LogP contribution in [0.25, 0.3) is 0 Å². The van der Waals surface area contributed by atoms with Crippen LogP contribution >= 0.6 is 23.2 Å². The minimum Gasteiger partial charge on any atom is -0.330 e. The molecular weight excluding hydrogens is 283 g/mol. The molecule has 0 amide bonds. The number of hydrogen-bond donors (Lipinski definition) is 2. The molecule has 0 aromatic heterocycles. The molecule has 17 heavy (non-hydrogen) atoms. The van der Waals surface area contributed by atoms with Gasteiger partial charge in [-0.1, -0.05) is 23.2 Å². The van der Waals surface area contributed by atoms with Crippen LogP contribution in [0.1, 0.15) is 12.8 Å². The van der Waals surface area contributed by atoms with Gasteiger partial charge in [-0.2, -0.15) is 0 Å². The van der Waals surface area contributed by atoms with Crippen molar-refractivity contribution in [3.05, 3.63) is 28.2 Å². The Morgan fingerprint density at radius 2 is 1.71 bits per heavy atom. The number of hydrogen-bond acceptors (Lipinski definition) is 3. The summed E-state index contributed by atoms with van der Waals surface area (Å²) in [5.74, 6) is 0. The Kier molecular flexibility index (Phi) is 5.69. The van der Waals surface area contributed by atoms with Gasteiger partial charge in [-0.25, -0.2) is 13.1 Å². The SMILES string of the molecule is NCCCCNS(=O)(=O)c1cc(Cl)cc(Cl)c1. The summed E-state index contributed by atoms with van der Waals surface area (Å²) >= 11 is 11.5. The Morgan fingerprint density at radius 3 is 2.24 bits per heavy atom. The summed E-state index contributed by atoms with van der Waals surface area (Å²) < 4.78 is 26.1. The van der Waals surface area contributed by atoms with Gasteiger partial charge in [0, 0.05) is 16.6 Å². The van der Waals surface area contributed by atoms with Gasteiger partial charge in [0.05, 0.1) is 4.90 Å². The largest absolute Gasteiger partial charge is 0.330 e. The summed E-state index contributed by atoms with van der Waals surface area (Å²) in [6, 6.07) is 4.20. The Bertz CT molecular complexity index is 457. The van der Waals surface area contributed by atoms with Gasteiger partial charge in [0.2, 0.25) is 10.0 Å². The van der Waals surface area contributed by atoms with E-state index in [1.165, 1.54) is 18.2 Å². The van der Waals surface area contributed by atoms with Gasteiger partial charge in [0.25, 0.3) is 0 Å². The number of rotatable bonds is 6. The fraction of sp³-hybridized carbons (Fsp3) is 0.400. The minimum absolute atomic E-state index is 0.0720. The average molecular weight is 297 g/mol. The van der Waals surface area contributed by atoms with E-state index >= 15 is 0 Å². The highest BCUT2D eigenvalue weighted by Crippen LogP contribution is 2.22. The van der Waals surface area contributed by atoms with E-state index in [-0.39, 0.29) is 4.90 Å². The monoisotopic (exact) mass is 296 g/mol. The Hall–Kier alpha value is -0.330. The van der Waals surface area contributed by atoms with Gasteiger partial charge in [-0.15, -0.1) is 0 Å². The van der Waals surface area contributed by atoms with E-state index in [1.807, 2.05) is 0 Å². The summed E-state index contributed by atoms with van der Waals surface area (Å²) in [6.07, 6.45) is 1.48. The second-order valence-electron chi connectivity index (χ2n) is 3.50. The van der Waals surface area contributed by atoms with Crippen molar-refractivity contribution >= 4 is 33.2 Å². The van der Waals surface area contributed by atoms with Crippen molar-refractivity contribution in [2.45, 2.75) is 17.7 Å². The summed E-state index contributed by atoms with van der Waals surface area (Å²) in [4.78, 5) is 0.0720. The number of sulfonamides is 1. The summed E-state index contributed by atoms with van der Waals surface area (Å²) in [5, 5.41) is 0.583. The lowest BCUT2D eigenvalue weighted by molar-refractivity contribution is 0.577. The molecule has 0 radical (unpaired) electrons. The third-order valence-corrected chi connectivity index (χ3v) is 3.95. The fourth-order valence-corrected chi connectivity index (χ4v) is 3.04. The molecule has 0 heterocycles. The number of nitrogens with two attached hydrogens (primary N) is 1. The van der Waals surface area contributed by atoms with E-state index in [9.17, 15) is 8.42 Å². The van der Waals surface area contributed by atoms with E-state index in [2.05, 4.69) is 4.72 Å². The molecule has 7 heteroatoms. The Balaban J connectivity index is 2.75. The van der Waals surface area contributed by atoms with Crippen LogP contribution in [0.5, 0.6) is 0 Å². The average Bonchev–Trinajstić information content (AvgIpc) is 2.23. The zero-order valence-corrected chi connectivity index (χ0v) is 11.4. The smallest absolute Gasteiger partial charge is 0.240 e. The molecule has 0 fully saturated rings. The highest BCUT2D eigenvalue weighted by Gasteiger charge is 2.14. The standard InChI is InChI=1S/C10H14Cl2N2O2S/c11-8-5-9(12)7-10(6-8)17(15,16)14-4-2-1-3-13/h5-7,14H,1-4,13H2. The maximum absolute atomic E-state index is 11.8. The lowest BCUT2D eigenvalue weighted by Crippen LogP contribution is -2.25. The van der Waals surface area contributed by atoms with Crippen LogP contribution in [-0.4, -0.2) is 21.5 Å². The normalized spacial score (nSPS) is 11.7. The van der Waals surface area contributed by atoms with Crippen LogP contribution in [0.4, 0.5) is 0 Å². The quantitative estimate of drug-likeness (QED) is 0.789. The van der Waals surface area contributed by atoms with Crippen molar-refractivity contribution in [1.82, 2.24) is 4.72 Å². The topological polar surface area (TPSA) is 72.2 Å². The summed E-state index contributed by atoms with van der Waals surface area (Å²) in [6.45, 7) is 0.897. The first kappa shape index (κ1) is 14.7. The zero-order valence-electron chi connectivity index (χ0n) is 9.12. The van der Waals surface area contributed by atoms with Crippen LogP contribution in [0.3, 0.4) is 0 Å². The third-order valence-electron chi connectivity index (χ3n) is 2.07. The predicted molar refractivity (Wildman–Crippen MR) is 69.9 cm³/mol. The minimum atomic E-state index is -3.55. The number of nitrogens with one attached hydrogen (secondary N) is 1. The first-order valence-corrected chi connectivity index (χ1v) is 7.35. The lowest BCUT2D eigenvalue weighted by atomic mass is 10.3. The van der Waals surface area contributed by atoms with E-state index in [4.69, 9.17) is 28.9 Å². The molecule has 1 rings (SSSR count). The van der Waals surface area contributed by atoms with Crippen LogP contribution in [-0.2, 0) is 10.0 Å². The molecule has 1 aromatic carbocycles. The van der Waals surface area contributed by atoms with Crippen molar-refractivity contribution in [2.24, 2.45) is 5.73 Å². The molecule has 96 valence electrons. The second kappa shape index (κ2) is 6.56. The maximum Gasteiger partial charge on any atom is 0.240 e. The molecule has 0 saturated heterocycles. The number of unbranched alkanes of at least 4 members (excludes halogenated alkanes) is 1. The van der Waals surface area contributed by atoms with Crippen LogP contribution < -0.4 is 10.5 Å². The maximum atomic E-state index is 11.8. The highest BCUT2D eigenvalue weighted by molar-refractivity contribution is 7.89. The van der Waals surface area contributed by atoms with E-state index in [0.29, 0.717) is 29.6 Å². The molecule has 0 bridgehead atoms. The zero-order chi connectivity index (χ0) is 12.9. The van der Waals surface area contributed by atoms with Gasteiger partial charge >= 0.3 is 0 Å². The van der Waals surface area contributed by atoms with Crippen molar-refractivity contribution in [3.8, 4) is 0 Å². The van der Waals surface area contributed by atoms with Crippen LogP contribution in [0.15, 0.2) is 23.1 Å². The molecule has 0 spiro atoms. The molecule has 0 saturated carbocycles. The summed E-state index contributed by atoms with van der Waals surface area (Å²) in [7, 11) is -3.55. The van der Waals surface area contributed by atoms with Crippen molar-refractivity contribution < 1.29 is 8.42 Å². The molecule has 1 aromatic rings. The van der Waals surface area contributed by atoms with Crippen LogP contribution in [0.2, 0.25) is 10.0 Å². The van der Waals surface area contributed by atoms with Gasteiger partial charge < -0.3 is 5.73 Å². The highest BCUT2D eigenvalue weighted by atomic mass is 35.5. The Morgan fingerprint density at radius 1 is 1.12 bits per heavy atom. The first-order chi connectivity index (χ1) is 7.95. The first-order valence-electron chi connectivity index (χ1n) is 5.11. The van der Waals surface area contributed by atoms with Crippen LogP contribution in [0, 0.1) is 0 Å². The fourth-order valence-electron chi connectivity index (χ4n) is 1.24. The van der Waals surface area contributed by atoms with Crippen molar-refractivity contribution in [1.29, 1.82) is 0 Å². The van der Waals surface area contributed by atoms with Crippen molar-refractivity contribution in [2.75, 3.05) is 13.1 Å². The molecular formula is C10H14Cl2N2O2S. The van der Waals surface area contributed by atoms with E-state index < -0.39 is 10.0 Å². The van der Waals surface area contributed by atoms with E-state index in [0.717, 1.165) is 6.42 Å². The molecule has 4 nitrogen and oxygen atoms in total. The van der Waals surface area contributed by atoms with E-state index in [1.54, 1.807) is 0 Å². The Labute approximate surface area is 111 Å². The third kappa shape index (κ3) is 4.81. The van der Waals surface area contributed by atoms with Gasteiger partial charge in [0.15, 0.2) is 0 Å².